The summed E-state index contributed by atoms with van der Waals surface area (Å²) >= 11 is 0. The van der Waals surface area contributed by atoms with Gasteiger partial charge in [-0.15, -0.1) is 0 Å². The second kappa shape index (κ2) is 7.35. The van der Waals surface area contributed by atoms with Gasteiger partial charge >= 0.3 is 0 Å². The molecule has 3 aliphatic rings. The van der Waals surface area contributed by atoms with Crippen LogP contribution in [0.1, 0.15) is 55.8 Å². The topological polar surface area (TPSA) is 29.3 Å². The number of hydrogen-bond donors (Lipinski definition) is 1. The third-order valence-corrected chi connectivity index (χ3v) is 7.72. The van der Waals surface area contributed by atoms with E-state index in [2.05, 4.69) is 86.4 Å². The van der Waals surface area contributed by atoms with Gasteiger partial charge in [-0.1, -0.05) is 54.1 Å². The zero-order valence-electron chi connectivity index (χ0n) is 19.3. The Morgan fingerprint density at radius 1 is 1.00 bits per heavy atom. The van der Waals surface area contributed by atoms with Crippen molar-refractivity contribution in [1.82, 2.24) is 5.01 Å². The lowest BCUT2D eigenvalue weighted by molar-refractivity contribution is -0.929. The zero-order chi connectivity index (χ0) is 21.9. The highest BCUT2D eigenvalue weighted by molar-refractivity contribution is 6.04. The molecule has 0 amide bonds. The summed E-state index contributed by atoms with van der Waals surface area (Å²) in [5.41, 5.74) is 4.64. The third-order valence-electron chi connectivity index (χ3n) is 7.72. The maximum Gasteiger partial charge on any atom is 0.208 e. The van der Waals surface area contributed by atoms with Gasteiger partial charge in [-0.25, -0.2) is 5.01 Å². The lowest BCUT2D eigenvalue weighted by Gasteiger charge is -2.50. The van der Waals surface area contributed by atoms with Gasteiger partial charge in [0.1, 0.15) is 5.75 Å². The Kier molecular flexibility index (Phi) is 4.55. The lowest BCUT2D eigenvalue weighted by Crippen LogP contribution is -3.16. The highest BCUT2D eigenvalue weighted by Crippen LogP contribution is 2.49. The van der Waals surface area contributed by atoms with E-state index in [-0.39, 0.29) is 11.8 Å². The van der Waals surface area contributed by atoms with Gasteiger partial charge in [0.25, 0.3) is 0 Å². The van der Waals surface area contributed by atoms with Crippen LogP contribution in [0.3, 0.4) is 0 Å². The molecule has 3 aromatic carbocycles. The van der Waals surface area contributed by atoms with E-state index < -0.39 is 0 Å². The standard InChI is InChI=1S/C28H31N3O/c1-19(2)30-14-12-28(13-15-30)31-26(24-16-20(3)8-11-27(24)32-28)18-25(29-31)23-10-9-21-6-4-5-7-22(21)17-23/h4-11,16-17,19,26H,12-15,18H2,1-3H3/p+1/t26-/m1/s1. The summed E-state index contributed by atoms with van der Waals surface area (Å²) in [6.07, 6.45) is 2.96. The van der Waals surface area contributed by atoms with E-state index in [1.54, 1.807) is 4.90 Å². The SMILES string of the molecule is Cc1ccc2c(c1)[C@H]1CC(c3ccc4ccccc4c3)=NN1C1(CC[NH+](C(C)C)CC1)O2. The molecule has 3 heterocycles. The minimum Gasteiger partial charge on any atom is -0.466 e. The molecule has 0 saturated carbocycles. The molecule has 1 saturated heterocycles. The zero-order valence-corrected chi connectivity index (χ0v) is 19.3. The predicted molar refractivity (Wildman–Crippen MR) is 129 cm³/mol. The van der Waals surface area contributed by atoms with Crippen LogP contribution in [0, 0.1) is 6.92 Å². The van der Waals surface area contributed by atoms with E-state index in [4.69, 9.17) is 9.84 Å². The molecule has 0 bridgehead atoms. The molecule has 6 rings (SSSR count). The van der Waals surface area contributed by atoms with Crippen molar-refractivity contribution < 1.29 is 9.64 Å². The maximum absolute atomic E-state index is 6.82. The first-order valence-electron chi connectivity index (χ1n) is 12.0. The van der Waals surface area contributed by atoms with Crippen molar-refractivity contribution in [3.63, 3.8) is 0 Å². The molecule has 1 fully saturated rings. The van der Waals surface area contributed by atoms with Crippen LogP contribution in [0.2, 0.25) is 0 Å². The van der Waals surface area contributed by atoms with Gasteiger partial charge < -0.3 is 9.64 Å². The molecule has 4 heteroatoms. The van der Waals surface area contributed by atoms with Gasteiger partial charge in [0.2, 0.25) is 5.72 Å². The quantitative estimate of drug-likeness (QED) is 0.655. The van der Waals surface area contributed by atoms with Crippen molar-refractivity contribution in [1.29, 1.82) is 0 Å². The molecule has 1 spiro atoms. The number of piperidine rings is 1. The molecule has 1 N–H and O–H groups in total. The molecule has 32 heavy (non-hydrogen) atoms. The van der Waals surface area contributed by atoms with Gasteiger partial charge in [0, 0.05) is 12.0 Å². The molecular weight excluding hydrogens is 394 g/mol. The first kappa shape index (κ1) is 19.8. The summed E-state index contributed by atoms with van der Waals surface area (Å²) in [4.78, 5) is 1.67. The van der Waals surface area contributed by atoms with E-state index in [9.17, 15) is 0 Å². The first-order chi connectivity index (χ1) is 15.5. The Labute approximate surface area is 190 Å². The van der Waals surface area contributed by atoms with E-state index in [0.29, 0.717) is 6.04 Å². The number of hydrazone groups is 1. The maximum atomic E-state index is 6.82. The molecule has 0 unspecified atom stereocenters. The molecule has 164 valence electrons. The summed E-state index contributed by atoms with van der Waals surface area (Å²) in [6, 6.07) is 22.9. The Morgan fingerprint density at radius 2 is 1.78 bits per heavy atom. The van der Waals surface area contributed by atoms with Crippen LogP contribution in [0.4, 0.5) is 0 Å². The number of nitrogens with zero attached hydrogens (tertiary/aromatic N) is 2. The summed E-state index contributed by atoms with van der Waals surface area (Å²) in [6.45, 7) is 9.06. The van der Waals surface area contributed by atoms with E-state index in [1.165, 1.54) is 33.2 Å². The number of hydrogen-bond acceptors (Lipinski definition) is 3. The number of ether oxygens (including phenoxy) is 1. The number of rotatable bonds is 2. The summed E-state index contributed by atoms with van der Waals surface area (Å²) in [5.74, 6) is 1.06. The van der Waals surface area contributed by atoms with Crippen LogP contribution >= 0.6 is 0 Å². The second-order valence-electron chi connectivity index (χ2n) is 10.1. The molecule has 1 atom stereocenters. The number of quaternary nitrogens is 1. The number of fused-ring (bicyclic) bond motifs is 5. The fourth-order valence-electron chi connectivity index (χ4n) is 5.81. The molecule has 0 aliphatic carbocycles. The summed E-state index contributed by atoms with van der Waals surface area (Å²) < 4.78 is 6.82. The number of benzene rings is 3. The fraction of sp³-hybridized carbons (Fsp3) is 0.393. The third kappa shape index (κ3) is 3.12. The van der Waals surface area contributed by atoms with Crippen molar-refractivity contribution in [2.24, 2.45) is 5.10 Å². The first-order valence-corrected chi connectivity index (χ1v) is 12.0. The van der Waals surface area contributed by atoms with Crippen molar-refractivity contribution >= 4 is 16.5 Å². The molecule has 3 aliphatic heterocycles. The van der Waals surface area contributed by atoms with Gasteiger partial charge in [0.15, 0.2) is 0 Å². The number of nitrogens with one attached hydrogen (secondary N) is 1. The Balaban J connectivity index is 1.41. The summed E-state index contributed by atoms with van der Waals surface area (Å²) in [5, 5.41) is 10.2. The van der Waals surface area contributed by atoms with Gasteiger partial charge in [0.05, 0.1) is 43.7 Å². The average Bonchev–Trinajstić information content (AvgIpc) is 3.27. The fourth-order valence-corrected chi connectivity index (χ4v) is 5.81. The van der Waals surface area contributed by atoms with Crippen LogP contribution in [0.15, 0.2) is 65.8 Å². The van der Waals surface area contributed by atoms with E-state index in [0.717, 1.165) is 38.1 Å². The van der Waals surface area contributed by atoms with Gasteiger partial charge in [-0.3, -0.25) is 0 Å². The highest BCUT2D eigenvalue weighted by atomic mass is 16.5. The molecular formula is C28H32N3O+. The Morgan fingerprint density at radius 3 is 2.56 bits per heavy atom. The van der Waals surface area contributed by atoms with Crippen LogP contribution in [-0.2, 0) is 0 Å². The molecule has 0 radical (unpaired) electrons. The van der Waals surface area contributed by atoms with Gasteiger partial charge in [-0.05, 0) is 49.2 Å². The van der Waals surface area contributed by atoms with E-state index in [1.807, 2.05) is 0 Å². The Hall–Kier alpha value is -2.85. The average molecular weight is 427 g/mol. The van der Waals surface area contributed by atoms with Gasteiger partial charge in [-0.2, -0.15) is 5.10 Å². The van der Waals surface area contributed by atoms with Crippen molar-refractivity contribution in [2.75, 3.05) is 13.1 Å². The van der Waals surface area contributed by atoms with E-state index >= 15 is 0 Å². The monoisotopic (exact) mass is 426 g/mol. The number of aryl methyl sites for hydroxylation is 1. The molecule has 3 aromatic rings. The molecule has 0 aromatic heterocycles. The molecule has 4 nitrogen and oxygen atoms in total. The van der Waals surface area contributed by atoms with Crippen molar-refractivity contribution in [3.05, 3.63) is 77.4 Å². The smallest absolute Gasteiger partial charge is 0.208 e. The predicted octanol–water partition coefficient (Wildman–Crippen LogP) is 4.48. The van der Waals surface area contributed by atoms with Crippen LogP contribution in [0.5, 0.6) is 5.75 Å². The van der Waals surface area contributed by atoms with Crippen LogP contribution < -0.4 is 9.64 Å². The van der Waals surface area contributed by atoms with Crippen molar-refractivity contribution in [2.45, 2.75) is 57.8 Å². The summed E-state index contributed by atoms with van der Waals surface area (Å²) in [7, 11) is 0. The largest absolute Gasteiger partial charge is 0.466 e. The van der Waals surface area contributed by atoms with Crippen LogP contribution in [0.25, 0.3) is 10.8 Å². The Bertz CT molecular complexity index is 1210. The second-order valence-corrected chi connectivity index (χ2v) is 10.1. The minimum absolute atomic E-state index is 0.251. The van der Waals surface area contributed by atoms with Crippen molar-refractivity contribution in [3.8, 4) is 5.75 Å². The lowest BCUT2D eigenvalue weighted by atomic mass is 9.89. The minimum atomic E-state index is -0.329. The van der Waals surface area contributed by atoms with Crippen LogP contribution in [-0.4, -0.2) is 35.6 Å². The highest BCUT2D eigenvalue weighted by Gasteiger charge is 2.53. The normalized spacial score (nSPS) is 26.8. The number of likely N-dealkylation sites (tertiary alicyclic amines) is 1.